The third-order valence-electron chi connectivity index (χ3n) is 7.18. The van der Waals surface area contributed by atoms with Crippen molar-refractivity contribution in [1.29, 1.82) is 0 Å². The summed E-state index contributed by atoms with van der Waals surface area (Å²) in [6.07, 6.45) is 19.4. The molecule has 0 amide bonds. The lowest BCUT2D eigenvalue weighted by molar-refractivity contribution is -0.135. The molecule has 29 heavy (non-hydrogen) atoms. The molecule has 0 aromatic heterocycles. The first kappa shape index (κ1) is 22.2. The third-order valence-corrected chi connectivity index (χ3v) is 7.18. The number of hydrogen-bond donors (Lipinski definition) is 1. The van der Waals surface area contributed by atoms with Crippen molar-refractivity contribution in [2.24, 2.45) is 5.41 Å². The molecule has 1 aromatic carbocycles. The topological polar surface area (TPSA) is 46.5 Å². The molecule has 0 atom stereocenters. The van der Waals surface area contributed by atoms with Crippen molar-refractivity contribution < 1.29 is 14.6 Å². The first-order chi connectivity index (χ1) is 14.0. The highest BCUT2D eigenvalue weighted by Gasteiger charge is 2.44. The molecule has 0 bridgehead atoms. The van der Waals surface area contributed by atoms with Gasteiger partial charge in [-0.3, -0.25) is 4.79 Å². The Labute approximate surface area is 177 Å². The summed E-state index contributed by atoms with van der Waals surface area (Å²) < 4.78 is 5.20. The quantitative estimate of drug-likeness (QED) is 0.243. The van der Waals surface area contributed by atoms with Crippen molar-refractivity contribution in [3.63, 3.8) is 0 Å². The van der Waals surface area contributed by atoms with Crippen LogP contribution in [0.5, 0.6) is 5.75 Å². The minimum absolute atomic E-state index is 0.107. The standard InChI is InChI=1S/C26H40O3/c1-25(16-17-25)14-8-4-2-6-10-22-12-13-24(28)23(20-22)11-7-3-5-9-15-26(18-19-26)29-21-27/h12-13,20-21,28H,2-11,14-19H2,1H3. The fourth-order valence-corrected chi connectivity index (χ4v) is 4.48. The summed E-state index contributed by atoms with van der Waals surface area (Å²) in [5.41, 5.74) is 3.07. The predicted molar refractivity (Wildman–Crippen MR) is 118 cm³/mol. The maximum Gasteiger partial charge on any atom is 0.293 e. The van der Waals surface area contributed by atoms with Gasteiger partial charge in [0.15, 0.2) is 0 Å². The monoisotopic (exact) mass is 400 g/mol. The fraction of sp³-hybridized carbons (Fsp3) is 0.731. The van der Waals surface area contributed by atoms with Crippen LogP contribution < -0.4 is 0 Å². The number of carbonyl (C=O) groups excluding carboxylic acids is 1. The van der Waals surface area contributed by atoms with E-state index in [1.807, 2.05) is 6.07 Å². The SMILES string of the molecule is CC1(CCCCCCc2ccc(O)c(CCCCCCC3(OC=O)CC3)c2)CC1. The van der Waals surface area contributed by atoms with E-state index in [4.69, 9.17) is 4.74 Å². The van der Waals surface area contributed by atoms with Crippen LogP contribution in [-0.2, 0) is 22.4 Å². The van der Waals surface area contributed by atoms with Gasteiger partial charge in [0.25, 0.3) is 6.47 Å². The Bertz CT molecular complexity index is 643. The van der Waals surface area contributed by atoms with Crippen LogP contribution in [-0.4, -0.2) is 17.2 Å². The zero-order valence-electron chi connectivity index (χ0n) is 18.4. The minimum Gasteiger partial charge on any atom is -0.508 e. The molecular weight excluding hydrogens is 360 g/mol. The first-order valence-electron chi connectivity index (χ1n) is 12.0. The number of aromatic hydroxyl groups is 1. The number of aryl methyl sites for hydroxylation is 2. The number of phenols is 1. The molecule has 2 saturated carbocycles. The van der Waals surface area contributed by atoms with Crippen molar-refractivity contribution in [3.05, 3.63) is 29.3 Å². The van der Waals surface area contributed by atoms with E-state index in [1.165, 1.54) is 63.4 Å². The molecule has 0 radical (unpaired) electrons. The van der Waals surface area contributed by atoms with Gasteiger partial charge in [-0.1, -0.05) is 51.2 Å². The highest BCUT2D eigenvalue weighted by Crippen LogP contribution is 2.49. The van der Waals surface area contributed by atoms with Gasteiger partial charge < -0.3 is 9.84 Å². The van der Waals surface area contributed by atoms with E-state index in [0.29, 0.717) is 17.6 Å². The molecule has 2 aliphatic rings. The van der Waals surface area contributed by atoms with E-state index in [1.54, 1.807) is 0 Å². The second kappa shape index (κ2) is 10.5. The summed E-state index contributed by atoms with van der Waals surface area (Å²) in [7, 11) is 0. The molecule has 162 valence electrons. The number of rotatable bonds is 16. The van der Waals surface area contributed by atoms with Gasteiger partial charge in [-0.2, -0.15) is 0 Å². The molecule has 2 aliphatic carbocycles. The lowest BCUT2D eigenvalue weighted by atomic mass is 9.97. The Kier molecular flexibility index (Phi) is 8.03. The fourth-order valence-electron chi connectivity index (χ4n) is 4.48. The molecule has 0 unspecified atom stereocenters. The summed E-state index contributed by atoms with van der Waals surface area (Å²) in [6.45, 7) is 3.04. The van der Waals surface area contributed by atoms with E-state index in [-0.39, 0.29) is 5.60 Å². The largest absolute Gasteiger partial charge is 0.508 e. The van der Waals surface area contributed by atoms with Crippen molar-refractivity contribution >= 4 is 6.47 Å². The summed E-state index contributed by atoms with van der Waals surface area (Å²) in [6, 6.07) is 6.19. The Hall–Kier alpha value is -1.51. The average Bonchev–Trinajstić information content (AvgIpc) is 3.62. The molecule has 0 aliphatic heterocycles. The lowest BCUT2D eigenvalue weighted by Gasteiger charge is -2.12. The van der Waals surface area contributed by atoms with Gasteiger partial charge in [-0.25, -0.2) is 0 Å². The van der Waals surface area contributed by atoms with E-state index in [2.05, 4.69) is 19.1 Å². The number of benzene rings is 1. The van der Waals surface area contributed by atoms with Crippen molar-refractivity contribution in [3.8, 4) is 5.75 Å². The first-order valence-corrected chi connectivity index (χ1v) is 12.0. The second-order valence-electron chi connectivity index (χ2n) is 10.00. The van der Waals surface area contributed by atoms with Crippen LogP contribution in [0.15, 0.2) is 18.2 Å². The molecule has 0 heterocycles. The van der Waals surface area contributed by atoms with Gasteiger partial charge in [0.05, 0.1) is 0 Å². The molecule has 3 heteroatoms. The van der Waals surface area contributed by atoms with Crippen LogP contribution in [0.3, 0.4) is 0 Å². The van der Waals surface area contributed by atoms with E-state index < -0.39 is 0 Å². The number of ether oxygens (including phenoxy) is 1. The number of phenolic OH excluding ortho intramolecular Hbond substituents is 1. The maximum atomic E-state index is 10.5. The van der Waals surface area contributed by atoms with E-state index >= 15 is 0 Å². The Morgan fingerprint density at radius 2 is 1.55 bits per heavy atom. The average molecular weight is 401 g/mol. The number of carbonyl (C=O) groups is 1. The Morgan fingerprint density at radius 1 is 0.897 bits per heavy atom. The zero-order chi connectivity index (χ0) is 20.6. The van der Waals surface area contributed by atoms with Crippen LogP contribution in [0.1, 0.15) is 108 Å². The molecule has 2 fully saturated rings. The van der Waals surface area contributed by atoms with Crippen molar-refractivity contribution in [1.82, 2.24) is 0 Å². The predicted octanol–water partition coefficient (Wildman–Crippen LogP) is 6.88. The molecular formula is C26H40O3. The van der Waals surface area contributed by atoms with E-state index in [9.17, 15) is 9.90 Å². The second-order valence-corrected chi connectivity index (χ2v) is 10.00. The van der Waals surface area contributed by atoms with Gasteiger partial charge in [0, 0.05) is 0 Å². The van der Waals surface area contributed by atoms with Gasteiger partial charge in [-0.15, -0.1) is 0 Å². The minimum atomic E-state index is -0.107. The molecule has 3 nitrogen and oxygen atoms in total. The normalized spacial score (nSPS) is 18.4. The summed E-state index contributed by atoms with van der Waals surface area (Å²) in [5, 5.41) is 10.2. The van der Waals surface area contributed by atoms with Crippen LogP contribution in [0, 0.1) is 5.41 Å². The Balaban J connectivity index is 1.26. The zero-order valence-corrected chi connectivity index (χ0v) is 18.4. The van der Waals surface area contributed by atoms with Gasteiger partial charge in [0.2, 0.25) is 0 Å². The highest BCUT2D eigenvalue weighted by molar-refractivity contribution is 5.39. The molecule has 3 rings (SSSR count). The van der Waals surface area contributed by atoms with Crippen LogP contribution in [0.4, 0.5) is 0 Å². The molecule has 0 spiro atoms. The van der Waals surface area contributed by atoms with Gasteiger partial charge >= 0.3 is 0 Å². The number of unbranched alkanes of at least 4 members (excludes halogenated alkanes) is 6. The summed E-state index contributed by atoms with van der Waals surface area (Å²) >= 11 is 0. The van der Waals surface area contributed by atoms with Crippen molar-refractivity contribution in [2.45, 2.75) is 115 Å². The van der Waals surface area contributed by atoms with Crippen molar-refractivity contribution in [2.75, 3.05) is 0 Å². The van der Waals surface area contributed by atoms with Crippen LogP contribution >= 0.6 is 0 Å². The molecule has 0 saturated heterocycles. The van der Waals surface area contributed by atoms with E-state index in [0.717, 1.165) is 50.5 Å². The molecule has 1 N–H and O–H groups in total. The maximum absolute atomic E-state index is 10.5. The summed E-state index contributed by atoms with van der Waals surface area (Å²) in [5.74, 6) is 0.447. The van der Waals surface area contributed by atoms with Gasteiger partial charge in [0.1, 0.15) is 11.4 Å². The highest BCUT2D eigenvalue weighted by atomic mass is 16.5. The third kappa shape index (κ3) is 7.68. The van der Waals surface area contributed by atoms with Crippen LogP contribution in [0.25, 0.3) is 0 Å². The molecule has 1 aromatic rings. The summed E-state index contributed by atoms with van der Waals surface area (Å²) in [4.78, 5) is 10.5. The number of hydrogen-bond acceptors (Lipinski definition) is 3. The lowest BCUT2D eigenvalue weighted by Crippen LogP contribution is -2.12. The van der Waals surface area contributed by atoms with Gasteiger partial charge in [-0.05, 0) is 93.2 Å². The Morgan fingerprint density at radius 3 is 2.21 bits per heavy atom. The van der Waals surface area contributed by atoms with Crippen LogP contribution in [0.2, 0.25) is 0 Å². The smallest absolute Gasteiger partial charge is 0.293 e.